The van der Waals surface area contributed by atoms with Gasteiger partial charge in [-0.3, -0.25) is 0 Å². The average Bonchev–Trinajstić information content (AvgIpc) is 2.73. The van der Waals surface area contributed by atoms with E-state index in [4.69, 9.17) is 81.2 Å². The lowest BCUT2D eigenvalue weighted by atomic mass is 9.84. The Balaban J connectivity index is 2.32. The quantitative estimate of drug-likeness (QED) is 0.402. The summed E-state index contributed by atoms with van der Waals surface area (Å²) in [5, 5.41) is 0.113. The van der Waals surface area contributed by atoms with Crippen molar-refractivity contribution in [1.29, 1.82) is 0 Å². The molecule has 3 aliphatic carbocycles. The van der Waals surface area contributed by atoms with Gasteiger partial charge in [-0.25, -0.2) is 0 Å². The molecule has 94 valence electrons. The molecule has 3 rings (SSSR count). The van der Waals surface area contributed by atoms with E-state index in [2.05, 4.69) is 0 Å². The molecule has 0 aliphatic heterocycles. The Morgan fingerprint density at radius 3 is 2.00 bits per heavy atom. The summed E-state index contributed by atoms with van der Waals surface area (Å²) in [6.45, 7) is 0. The van der Waals surface area contributed by atoms with E-state index < -0.39 is 14.1 Å². The topological polar surface area (TPSA) is 0 Å². The molecular weight excluding hydrogens is 368 g/mol. The minimum Gasteiger partial charge on any atom is -0.118 e. The van der Waals surface area contributed by atoms with Crippen LogP contribution in [-0.2, 0) is 0 Å². The van der Waals surface area contributed by atoms with Crippen LogP contribution >= 0.6 is 81.2 Å². The Morgan fingerprint density at radius 2 is 1.41 bits per heavy atom. The molecule has 0 radical (unpaired) electrons. The lowest BCUT2D eigenvalue weighted by molar-refractivity contribution is 0.420. The molecule has 0 aromatic heterocycles. The number of rotatable bonds is 0. The van der Waals surface area contributed by atoms with Crippen LogP contribution in [0.4, 0.5) is 0 Å². The molecule has 0 aromatic rings. The lowest BCUT2D eigenvalue weighted by Gasteiger charge is -2.34. The van der Waals surface area contributed by atoms with Crippen molar-refractivity contribution in [3.05, 3.63) is 22.2 Å². The molecule has 0 saturated heterocycles. The summed E-state index contributed by atoms with van der Waals surface area (Å²) in [5.41, 5.74) is 0. The zero-order valence-electron chi connectivity index (χ0n) is 8.03. The van der Waals surface area contributed by atoms with Crippen molar-refractivity contribution in [2.24, 2.45) is 11.8 Å². The average molecular weight is 373 g/mol. The molecule has 1 fully saturated rings. The smallest absolute Gasteiger partial charge is 0.118 e. The van der Waals surface area contributed by atoms with Gasteiger partial charge in [0.2, 0.25) is 0 Å². The Labute approximate surface area is 134 Å². The first-order chi connectivity index (χ1) is 7.70. The molecule has 0 amide bonds. The monoisotopic (exact) mass is 370 g/mol. The number of hydrogen-bond donors (Lipinski definition) is 0. The van der Waals surface area contributed by atoms with Crippen LogP contribution < -0.4 is 0 Å². The van der Waals surface area contributed by atoms with Crippen LogP contribution in [0.3, 0.4) is 0 Å². The number of allylic oxidation sites excluding steroid dienone is 4. The first-order valence-corrected chi connectivity index (χ1v) is 7.55. The lowest BCUT2D eigenvalue weighted by Crippen LogP contribution is -2.45. The maximum absolute atomic E-state index is 6.57. The van der Waals surface area contributed by atoms with Gasteiger partial charge in [0.1, 0.15) is 9.75 Å². The van der Waals surface area contributed by atoms with Crippen molar-refractivity contribution in [3.8, 4) is 0 Å². The van der Waals surface area contributed by atoms with Crippen LogP contribution in [0.5, 0.6) is 0 Å². The first kappa shape index (κ1) is 13.5. The van der Waals surface area contributed by atoms with Gasteiger partial charge in [0.05, 0.1) is 15.4 Å². The van der Waals surface area contributed by atoms with Gasteiger partial charge >= 0.3 is 0 Å². The van der Waals surface area contributed by atoms with Crippen molar-refractivity contribution in [2.75, 3.05) is 0 Å². The van der Waals surface area contributed by atoms with Gasteiger partial charge in [0.25, 0.3) is 0 Å². The molecule has 3 unspecified atom stereocenters. The van der Waals surface area contributed by atoms with E-state index in [-0.39, 0.29) is 27.3 Å². The molecule has 0 nitrogen and oxygen atoms in total. The summed E-state index contributed by atoms with van der Waals surface area (Å²) < 4.78 is -1.48. The summed E-state index contributed by atoms with van der Waals surface area (Å²) >= 11 is 44.5. The van der Waals surface area contributed by atoms with Gasteiger partial charge in [-0.15, -0.1) is 34.8 Å². The summed E-state index contributed by atoms with van der Waals surface area (Å²) in [7, 11) is 0. The fourth-order valence-corrected chi connectivity index (χ4v) is 6.60. The van der Waals surface area contributed by atoms with Crippen LogP contribution in [0.15, 0.2) is 22.2 Å². The van der Waals surface area contributed by atoms with Gasteiger partial charge in [0.15, 0.2) is 4.33 Å². The predicted octanol–water partition coefficient (Wildman–Crippen LogP) is 5.24. The molecule has 3 aliphatic rings. The molecule has 7 heteroatoms. The third-order valence-corrected chi connectivity index (χ3v) is 8.61. The van der Waals surface area contributed by atoms with Gasteiger partial charge < -0.3 is 0 Å². The van der Waals surface area contributed by atoms with Crippen molar-refractivity contribution in [1.82, 2.24) is 0 Å². The molecule has 0 spiro atoms. The molecule has 0 aromatic carbocycles. The number of alkyl halides is 5. The predicted molar refractivity (Wildman–Crippen MR) is 76.1 cm³/mol. The second kappa shape index (κ2) is 3.58. The third kappa shape index (κ3) is 1.15. The van der Waals surface area contributed by atoms with Crippen LogP contribution in [0.2, 0.25) is 0 Å². The molecule has 1 saturated carbocycles. The molecule has 0 N–H and O–H groups in total. The van der Waals surface area contributed by atoms with Crippen LogP contribution in [0.25, 0.3) is 0 Å². The van der Waals surface area contributed by atoms with E-state index >= 15 is 0 Å². The summed E-state index contributed by atoms with van der Waals surface area (Å²) in [6, 6.07) is 0. The molecule has 5 atom stereocenters. The standard InChI is InChI=1S/C10H5Cl7/c11-4-2-1-3-5(4)9(15)7(13)6(12)8(3,14)10(9,16)17/h1-5H/t3?,4?,5?,8-,9+/m0/s1. The SMILES string of the molecule is ClC1=C(Cl)[C@]2(Cl)C3C(Cl)C=CC3[C@@]1(Cl)C2(Cl)Cl. The van der Waals surface area contributed by atoms with E-state index in [0.29, 0.717) is 0 Å². The number of halogens is 7. The van der Waals surface area contributed by atoms with E-state index in [1.165, 1.54) is 0 Å². The zero-order chi connectivity index (χ0) is 12.8. The fourth-order valence-electron chi connectivity index (χ4n) is 3.08. The fraction of sp³-hybridized carbons (Fsp3) is 0.600. The Morgan fingerprint density at radius 1 is 0.882 bits per heavy atom. The van der Waals surface area contributed by atoms with E-state index in [0.717, 1.165) is 0 Å². The maximum atomic E-state index is 6.57. The zero-order valence-corrected chi connectivity index (χ0v) is 13.3. The highest BCUT2D eigenvalue weighted by Crippen LogP contribution is 2.78. The highest BCUT2D eigenvalue weighted by Gasteiger charge is 2.83. The van der Waals surface area contributed by atoms with Crippen molar-refractivity contribution in [2.45, 2.75) is 19.5 Å². The van der Waals surface area contributed by atoms with Crippen molar-refractivity contribution in [3.63, 3.8) is 0 Å². The molecule has 2 bridgehead atoms. The van der Waals surface area contributed by atoms with Crippen LogP contribution in [0, 0.1) is 11.8 Å². The Kier molecular flexibility index (Phi) is 2.84. The van der Waals surface area contributed by atoms with Gasteiger partial charge in [-0.1, -0.05) is 58.6 Å². The second-order valence-electron chi connectivity index (χ2n) is 4.51. The van der Waals surface area contributed by atoms with Gasteiger partial charge in [-0.2, -0.15) is 0 Å². The molecular formula is C10H5Cl7. The number of fused-ring (bicyclic) bond motifs is 5. The van der Waals surface area contributed by atoms with Gasteiger partial charge in [0, 0.05) is 11.8 Å². The third-order valence-electron chi connectivity index (χ3n) is 3.90. The highest BCUT2D eigenvalue weighted by atomic mass is 35.5. The summed E-state index contributed by atoms with van der Waals surface area (Å²) in [5.74, 6) is -0.470. The Hall–Kier alpha value is 1.51. The van der Waals surface area contributed by atoms with Crippen LogP contribution in [0.1, 0.15) is 0 Å². The van der Waals surface area contributed by atoms with Crippen LogP contribution in [-0.4, -0.2) is 19.5 Å². The minimum atomic E-state index is -1.48. The van der Waals surface area contributed by atoms with Crippen molar-refractivity contribution < 1.29 is 0 Å². The summed E-state index contributed by atoms with van der Waals surface area (Å²) in [6.07, 6.45) is 3.69. The van der Waals surface area contributed by atoms with Crippen molar-refractivity contribution >= 4 is 81.2 Å². The normalized spacial score (nSPS) is 54.6. The minimum absolute atomic E-state index is 0.205. The van der Waals surface area contributed by atoms with E-state index in [1.54, 1.807) is 0 Å². The largest absolute Gasteiger partial charge is 0.167 e. The Bertz CT molecular complexity index is 467. The maximum Gasteiger partial charge on any atom is 0.167 e. The molecule has 0 heterocycles. The second-order valence-corrected chi connectivity index (χ2v) is 8.29. The van der Waals surface area contributed by atoms with E-state index in [1.807, 2.05) is 12.2 Å². The van der Waals surface area contributed by atoms with Gasteiger partial charge in [-0.05, 0) is 0 Å². The van der Waals surface area contributed by atoms with E-state index in [9.17, 15) is 0 Å². The highest BCUT2D eigenvalue weighted by molar-refractivity contribution is 6.66. The number of hydrogen-bond acceptors (Lipinski definition) is 0. The summed E-state index contributed by atoms with van der Waals surface area (Å²) in [4.78, 5) is -2.45. The first-order valence-electron chi connectivity index (χ1n) is 4.85. The molecule has 17 heavy (non-hydrogen) atoms.